The Morgan fingerprint density at radius 2 is 1.64 bits per heavy atom. The number of nitrogens with two attached hydrogens (primary N) is 1. The van der Waals surface area contributed by atoms with Crippen molar-refractivity contribution in [2.75, 3.05) is 6.61 Å². The zero-order valence-electron chi connectivity index (χ0n) is 14.8. The van der Waals surface area contributed by atoms with Crippen molar-refractivity contribution >= 4 is 22.7 Å². The molecule has 0 unspecified atom stereocenters. The molecule has 138 valence electrons. The molecule has 0 bridgehead atoms. The van der Waals surface area contributed by atoms with Crippen LogP contribution in [0.15, 0.2) is 66.7 Å². The first kappa shape index (κ1) is 17.6. The first-order valence-corrected chi connectivity index (χ1v) is 8.69. The molecule has 6 nitrogen and oxygen atoms in total. The molecule has 0 aliphatic heterocycles. The van der Waals surface area contributed by atoms with Crippen LogP contribution in [0.4, 0.5) is 0 Å². The number of Topliss-reactive ketones (excluding diaryl/α,β-unsaturated/α-hetero) is 1. The van der Waals surface area contributed by atoms with Crippen LogP contribution in [-0.2, 0) is 0 Å². The van der Waals surface area contributed by atoms with E-state index in [9.17, 15) is 9.59 Å². The minimum absolute atomic E-state index is 0.333. The smallest absolute Gasteiger partial charge is 0.248 e. The fourth-order valence-electron chi connectivity index (χ4n) is 3.08. The molecule has 1 heterocycles. The highest BCUT2D eigenvalue weighted by Gasteiger charge is 2.10. The number of carbonyl (C=O) groups is 2. The molecule has 0 aliphatic carbocycles. The number of ketones is 1. The van der Waals surface area contributed by atoms with Crippen molar-refractivity contribution in [1.82, 2.24) is 9.97 Å². The van der Waals surface area contributed by atoms with E-state index in [0.29, 0.717) is 17.0 Å². The van der Waals surface area contributed by atoms with E-state index < -0.39 is 12.5 Å². The average molecular weight is 371 g/mol. The Balaban J connectivity index is 1.66. The predicted octanol–water partition coefficient (Wildman–Crippen LogP) is 3.17. The lowest BCUT2D eigenvalue weighted by Gasteiger charge is -2.04. The van der Waals surface area contributed by atoms with Gasteiger partial charge >= 0.3 is 0 Å². The summed E-state index contributed by atoms with van der Waals surface area (Å²) in [7, 11) is 0. The summed E-state index contributed by atoms with van der Waals surface area (Å²) < 4.78 is 0. The Hall–Kier alpha value is -3.77. The highest BCUT2D eigenvalue weighted by atomic mass is 16.3. The van der Waals surface area contributed by atoms with Gasteiger partial charge in [-0.05, 0) is 41.5 Å². The van der Waals surface area contributed by atoms with Crippen LogP contribution in [0.25, 0.3) is 33.5 Å². The Morgan fingerprint density at radius 3 is 2.36 bits per heavy atom. The van der Waals surface area contributed by atoms with Crippen molar-refractivity contribution in [3.8, 4) is 22.5 Å². The minimum atomic E-state index is -0.523. The lowest BCUT2D eigenvalue weighted by molar-refractivity contribution is 0.0903. The standard InChI is InChI=1S/C22H17N3O3/c23-21(28)17-3-1-2-15(10-17)13-4-6-14(7-5-13)22-24-18-9-8-16(20(27)12-26)11-19(18)25-22/h1-11,26H,12H2,(H2,23,28)(H,24,25). The van der Waals surface area contributed by atoms with Gasteiger partial charge in [0.2, 0.25) is 5.91 Å². The maximum Gasteiger partial charge on any atom is 0.248 e. The first-order valence-electron chi connectivity index (χ1n) is 8.69. The molecule has 4 aromatic rings. The van der Waals surface area contributed by atoms with Crippen LogP contribution in [0.3, 0.4) is 0 Å². The predicted molar refractivity (Wildman–Crippen MR) is 107 cm³/mol. The van der Waals surface area contributed by atoms with Crippen LogP contribution in [-0.4, -0.2) is 33.4 Å². The molecule has 0 aliphatic rings. The van der Waals surface area contributed by atoms with Crippen LogP contribution in [0.2, 0.25) is 0 Å². The fourth-order valence-corrected chi connectivity index (χ4v) is 3.08. The Morgan fingerprint density at radius 1 is 0.893 bits per heavy atom. The molecule has 1 amide bonds. The molecule has 0 radical (unpaired) electrons. The van der Waals surface area contributed by atoms with Crippen molar-refractivity contribution in [3.05, 3.63) is 77.9 Å². The monoisotopic (exact) mass is 371 g/mol. The number of rotatable bonds is 5. The molecule has 28 heavy (non-hydrogen) atoms. The molecule has 6 heteroatoms. The zero-order chi connectivity index (χ0) is 19.7. The lowest BCUT2D eigenvalue weighted by Crippen LogP contribution is -2.10. The van der Waals surface area contributed by atoms with Crippen LogP contribution >= 0.6 is 0 Å². The van der Waals surface area contributed by atoms with Gasteiger partial charge in [0.05, 0.1) is 11.0 Å². The second-order valence-electron chi connectivity index (χ2n) is 6.42. The van der Waals surface area contributed by atoms with Crippen molar-refractivity contribution in [1.29, 1.82) is 0 Å². The van der Waals surface area contributed by atoms with Gasteiger partial charge in [-0.25, -0.2) is 4.98 Å². The topological polar surface area (TPSA) is 109 Å². The number of fused-ring (bicyclic) bond motifs is 1. The van der Waals surface area contributed by atoms with Gasteiger partial charge in [0.1, 0.15) is 12.4 Å². The Labute approximate surface area is 160 Å². The van der Waals surface area contributed by atoms with Gasteiger partial charge in [0.25, 0.3) is 0 Å². The van der Waals surface area contributed by atoms with Crippen molar-refractivity contribution in [2.24, 2.45) is 5.73 Å². The van der Waals surface area contributed by atoms with Crippen molar-refractivity contribution in [2.45, 2.75) is 0 Å². The third-order valence-corrected chi connectivity index (χ3v) is 4.59. The molecule has 0 spiro atoms. The number of hydrogen-bond donors (Lipinski definition) is 3. The highest BCUT2D eigenvalue weighted by molar-refractivity contribution is 6.00. The molecule has 1 aromatic heterocycles. The van der Waals surface area contributed by atoms with E-state index in [0.717, 1.165) is 27.7 Å². The number of aliphatic hydroxyl groups excluding tert-OH is 1. The summed E-state index contributed by atoms with van der Waals surface area (Å²) in [4.78, 5) is 30.8. The van der Waals surface area contributed by atoms with Crippen LogP contribution in [0, 0.1) is 0 Å². The SMILES string of the molecule is NC(=O)c1cccc(-c2ccc(-c3nc4ccc(C(=O)CO)cc4[nH]3)cc2)c1. The van der Waals surface area contributed by atoms with E-state index >= 15 is 0 Å². The molecule has 0 saturated carbocycles. The summed E-state index contributed by atoms with van der Waals surface area (Å²) in [5, 5.41) is 9.01. The largest absolute Gasteiger partial charge is 0.388 e. The molecule has 0 atom stereocenters. The molecule has 0 saturated heterocycles. The number of aromatic amines is 1. The summed E-state index contributed by atoms with van der Waals surface area (Å²) in [5.74, 6) is -0.110. The van der Waals surface area contributed by atoms with Gasteiger partial charge in [-0.15, -0.1) is 0 Å². The van der Waals surface area contributed by atoms with E-state index in [4.69, 9.17) is 10.8 Å². The molecular formula is C22H17N3O3. The lowest BCUT2D eigenvalue weighted by atomic mass is 10.0. The molecule has 4 rings (SSSR count). The molecule has 3 aromatic carbocycles. The Bertz CT molecular complexity index is 1190. The van der Waals surface area contributed by atoms with Crippen LogP contribution < -0.4 is 5.73 Å². The molecule has 4 N–H and O–H groups in total. The maximum atomic E-state index is 11.7. The van der Waals surface area contributed by atoms with E-state index in [-0.39, 0.29) is 5.78 Å². The summed E-state index contributed by atoms with van der Waals surface area (Å²) in [6, 6.07) is 20.0. The van der Waals surface area contributed by atoms with E-state index in [1.165, 1.54) is 0 Å². The maximum absolute atomic E-state index is 11.7. The second kappa shape index (κ2) is 7.09. The number of benzene rings is 3. The third-order valence-electron chi connectivity index (χ3n) is 4.59. The fraction of sp³-hybridized carbons (Fsp3) is 0.0455. The number of hydrogen-bond acceptors (Lipinski definition) is 4. The van der Waals surface area contributed by atoms with Crippen molar-refractivity contribution in [3.63, 3.8) is 0 Å². The zero-order valence-corrected chi connectivity index (χ0v) is 14.8. The minimum Gasteiger partial charge on any atom is -0.388 e. The average Bonchev–Trinajstić information content (AvgIpc) is 3.16. The van der Waals surface area contributed by atoms with Crippen LogP contribution in [0.5, 0.6) is 0 Å². The summed E-state index contributed by atoms with van der Waals surface area (Å²) in [6.07, 6.45) is 0. The number of H-pyrrole nitrogens is 1. The molecular weight excluding hydrogens is 354 g/mol. The Kier molecular flexibility index (Phi) is 4.47. The van der Waals surface area contributed by atoms with Gasteiger partial charge in [-0.1, -0.05) is 36.4 Å². The van der Waals surface area contributed by atoms with Crippen molar-refractivity contribution < 1.29 is 14.7 Å². The van der Waals surface area contributed by atoms with Crippen LogP contribution in [0.1, 0.15) is 20.7 Å². The summed E-state index contributed by atoms with van der Waals surface area (Å²) in [6.45, 7) is -0.523. The summed E-state index contributed by atoms with van der Waals surface area (Å²) in [5.41, 5.74) is 10.5. The van der Waals surface area contributed by atoms with E-state index in [1.54, 1.807) is 36.4 Å². The first-order chi connectivity index (χ1) is 13.5. The molecule has 0 fully saturated rings. The number of nitrogens with one attached hydrogen (secondary N) is 1. The quantitative estimate of drug-likeness (QED) is 0.468. The summed E-state index contributed by atoms with van der Waals surface area (Å²) >= 11 is 0. The highest BCUT2D eigenvalue weighted by Crippen LogP contribution is 2.26. The number of aromatic nitrogens is 2. The number of amides is 1. The number of primary amides is 1. The van der Waals surface area contributed by atoms with Gasteiger partial charge < -0.3 is 15.8 Å². The van der Waals surface area contributed by atoms with Gasteiger partial charge in [-0.3, -0.25) is 9.59 Å². The second-order valence-corrected chi connectivity index (χ2v) is 6.42. The number of nitrogens with zero attached hydrogens (tertiary/aromatic N) is 1. The van der Waals surface area contributed by atoms with Gasteiger partial charge in [0, 0.05) is 16.7 Å². The van der Waals surface area contributed by atoms with E-state index in [2.05, 4.69) is 9.97 Å². The normalized spacial score (nSPS) is 10.9. The number of aliphatic hydroxyl groups is 1. The third kappa shape index (κ3) is 3.28. The van der Waals surface area contributed by atoms with Gasteiger partial charge in [-0.2, -0.15) is 0 Å². The number of imidazole rings is 1. The number of carbonyl (C=O) groups excluding carboxylic acids is 2. The van der Waals surface area contributed by atoms with Gasteiger partial charge in [0.15, 0.2) is 5.78 Å². The van der Waals surface area contributed by atoms with E-state index in [1.807, 2.05) is 30.3 Å².